The number of rotatable bonds is 1. The first-order chi connectivity index (χ1) is 9.70. The molecule has 6 nitrogen and oxygen atoms in total. The number of aromatic nitrogens is 1. The third kappa shape index (κ3) is 2.01. The Morgan fingerprint density at radius 3 is 3.05 bits per heavy atom. The maximum absolute atomic E-state index is 12.5. The summed E-state index contributed by atoms with van der Waals surface area (Å²) in [7, 11) is 0. The number of pyridine rings is 1. The highest BCUT2D eigenvalue weighted by Gasteiger charge is 2.42. The van der Waals surface area contributed by atoms with Crippen molar-refractivity contribution in [3.8, 4) is 6.07 Å². The molecule has 2 unspecified atom stereocenters. The van der Waals surface area contributed by atoms with E-state index in [2.05, 4.69) is 10.3 Å². The SMILES string of the molecule is N#Cc1ccc(C(=O)N2CCCC3C(=O)NCC32)nc1. The Balaban J connectivity index is 1.82. The average Bonchev–Trinajstić information content (AvgIpc) is 2.88. The molecule has 0 saturated carbocycles. The van der Waals surface area contributed by atoms with Gasteiger partial charge in [0.05, 0.1) is 17.5 Å². The van der Waals surface area contributed by atoms with Crippen LogP contribution in [0.1, 0.15) is 28.9 Å². The molecule has 3 rings (SSSR count). The zero-order valence-corrected chi connectivity index (χ0v) is 10.9. The van der Waals surface area contributed by atoms with Gasteiger partial charge in [-0.1, -0.05) is 0 Å². The summed E-state index contributed by atoms with van der Waals surface area (Å²) in [6, 6.07) is 5.05. The van der Waals surface area contributed by atoms with Crippen LogP contribution in [-0.2, 0) is 4.79 Å². The van der Waals surface area contributed by atoms with E-state index in [1.54, 1.807) is 17.0 Å². The van der Waals surface area contributed by atoms with Gasteiger partial charge in [-0.15, -0.1) is 0 Å². The van der Waals surface area contributed by atoms with Crippen molar-refractivity contribution in [3.05, 3.63) is 29.6 Å². The number of piperidine rings is 1. The van der Waals surface area contributed by atoms with Gasteiger partial charge in [0.15, 0.2) is 0 Å². The van der Waals surface area contributed by atoms with Crippen molar-refractivity contribution in [1.29, 1.82) is 5.26 Å². The molecule has 2 amide bonds. The number of fused-ring (bicyclic) bond motifs is 1. The van der Waals surface area contributed by atoms with Crippen molar-refractivity contribution in [2.75, 3.05) is 13.1 Å². The van der Waals surface area contributed by atoms with Crippen LogP contribution in [0.5, 0.6) is 0 Å². The highest BCUT2D eigenvalue weighted by atomic mass is 16.2. The molecule has 20 heavy (non-hydrogen) atoms. The number of nitrogens with zero attached hydrogens (tertiary/aromatic N) is 3. The van der Waals surface area contributed by atoms with Gasteiger partial charge in [-0.3, -0.25) is 9.59 Å². The van der Waals surface area contributed by atoms with Gasteiger partial charge in [-0.2, -0.15) is 5.26 Å². The molecule has 2 aliphatic heterocycles. The normalized spacial score (nSPS) is 24.8. The van der Waals surface area contributed by atoms with Crippen LogP contribution in [0.25, 0.3) is 0 Å². The maximum atomic E-state index is 12.5. The standard InChI is InChI=1S/C14H14N4O2/c15-6-9-3-4-11(16-7-9)14(20)18-5-1-2-10-12(18)8-17-13(10)19/h3-4,7,10,12H,1-2,5,8H2,(H,17,19). The number of hydrogen-bond acceptors (Lipinski definition) is 4. The number of carbonyl (C=O) groups is 2. The number of nitrogens with one attached hydrogen (secondary N) is 1. The van der Waals surface area contributed by atoms with Gasteiger partial charge in [0.25, 0.3) is 5.91 Å². The van der Waals surface area contributed by atoms with E-state index in [4.69, 9.17) is 5.26 Å². The molecule has 2 atom stereocenters. The first-order valence-electron chi connectivity index (χ1n) is 6.65. The lowest BCUT2D eigenvalue weighted by Gasteiger charge is -2.35. The first-order valence-corrected chi connectivity index (χ1v) is 6.65. The topological polar surface area (TPSA) is 86.1 Å². The molecule has 0 spiro atoms. The van der Waals surface area contributed by atoms with E-state index in [0.717, 1.165) is 12.8 Å². The molecule has 0 bridgehead atoms. The summed E-state index contributed by atoms with van der Waals surface area (Å²) < 4.78 is 0. The van der Waals surface area contributed by atoms with Crippen LogP contribution in [0.3, 0.4) is 0 Å². The van der Waals surface area contributed by atoms with Crippen LogP contribution in [0, 0.1) is 17.2 Å². The molecular weight excluding hydrogens is 256 g/mol. The molecular formula is C14H14N4O2. The Hall–Kier alpha value is -2.42. The maximum Gasteiger partial charge on any atom is 0.272 e. The van der Waals surface area contributed by atoms with E-state index >= 15 is 0 Å². The second kappa shape index (κ2) is 4.93. The molecule has 1 aromatic heterocycles. The third-order valence-corrected chi connectivity index (χ3v) is 3.97. The second-order valence-electron chi connectivity index (χ2n) is 5.10. The molecule has 0 aromatic carbocycles. The highest BCUT2D eigenvalue weighted by molar-refractivity contribution is 5.94. The van der Waals surface area contributed by atoms with Crippen LogP contribution in [0.4, 0.5) is 0 Å². The van der Waals surface area contributed by atoms with Crippen LogP contribution in [-0.4, -0.2) is 40.8 Å². The zero-order valence-electron chi connectivity index (χ0n) is 10.9. The fourth-order valence-corrected chi connectivity index (χ4v) is 2.94. The molecule has 0 radical (unpaired) electrons. The summed E-state index contributed by atoms with van der Waals surface area (Å²) in [4.78, 5) is 30.0. The van der Waals surface area contributed by atoms with Gasteiger partial charge in [-0.25, -0.2) is 4.98 Å². The molecule has 1 N–H and O–H groups in total. The minimum Gasteiger partial charge on any atom is -0.354 e. The van der Waals surface area contributed by atoms with Crippen LogP contribution in [0.15, 0.2) is 18.3 Å². The minimum atomic E-state index is -0.166. The Labute approximate surface area is 116 Å². The molecule has 2 aliphatic rings. The van der Waals surface area contributed by atoms with Gasteiger partial charge in [0.1, 0.15) is 11.8 Å². The van der Waals surface area contributed by atoms with E-state index in [-0.39, 0.29) is 23.8 Å². The largest absolute Gasteiger partial charge is 0.354 e. The fourth-order valence-electron chi connectivity index (χ4n) is 2.94. The Bertz CT molecular complexity index is 590. The van der Waals surface area contributed by atoms with Crippen molar-refractivity contribution >= 4 is 11.8 Å². The molecule has 2 fully saturated rings. The van der Waals surface area contributed by atoms with Gasteiger partial charge in [0.2, 0.25) is 5.91 Å². The molecule has 3 heterocycles. The highest BCUT2D eigenvalue weighted by Crippen LogP contribution is 2.28. The van der Waals surface area contributed by atoms with Gasteiger partial charge >= 0.3 is 0 Å². The molecule has 1 aromatic rings. The molecule has 2 saturated heterocycles. The smallest absolute Gasteiger partial charge is 0.272 e. The lowest BCUT2D eigenvalue weighted by atomic mass is 9.91. The monoisotopic (exact) mass is 270 g/mol. The molecule has 6 heteroatoms. The third-order valence-electron chi connectivity index (χ3n) is 3.97. The van der Waals surface area contributed by atoms with Crippen LogP contribution < -0.4 is 5.32 Å². The summed E-state index contributed by atoms with van der Waals surface area (Å²) in [6.45, 7) is 1.17. The van der Waals surface area contributed by atoms with Crippen molar-refractivity contribution in [2.24, 2.45) is 5.92 Å². The second-order valence-corrected chi connectivity index (χ2v) is 5.10. The Morgan fingerprint density at radius 2 is 2.35 bits per heavy atom. The zero-order chi connectivity index (χ0) is 14.1. The summed E-state index contributed by atoms with van der Waals surface area (Å²) in [5, 5.41) is 11.6. The number of nitriles is 1. The lowest BCUT2D eigenvalue weighted by Crippen LogP contribution is -2.48. The van der Waals surface area contributed by atoms with E-state index in [1.807, 2.05) is 6.07 Å². The molecule has 102 valence electrons. The van der Waals surface area contributed by atoms with Crippen molar-refractivity contribution in [3.63, 3.8) is 0 Å². The number of likely N-dealkylation sites (tertiary alicyclic amines) is 1. The van der Waals surface area contributed by atoms with E-state index < -0.39 is 0 Å². The Morgan fingerprint density at radius 1 is 1.50 bits per heavy atom. The first kappa shape index (κ1) is 12.6. The fraction of sp³-hybridized carbons (Fsp3) is 0.429. The van der Waals surface area contributed by atoms with Gasteiger partial charge in [-0.05, 0) is 25.0 Å². The van der Waals surface area contributed by atoms with Crippen LogP contribution >= 0.6 is 0 Å². The number of amides is 2. The summed E-state index contributed by atoms with van der Waals surface area (Å²) in [5.74, 6) is -0.216. The number of hydrogen-bond donors (Lipinski definition) is 1. The quantitative estimate of drug-likeness (QED) is 0.795. The predicted molar refractivity (Wildman–Crippen MR) is 69.5 cm³/mol. The summed E-state index contributed by atoms with van der Waals surface area (Å²) in [6.07, 6.45) is 3.06. The summed E-state index contributed by atoms with van der Waals surface area (Å²) >= 11 is 0. The van der Waals surface area contributed by atoms with Crippen molar-refractivity contribution in [2.45, 2.75) is 18.9 Å². The van der Waals surface area contributed by atoms with Gasteiger partial charge < -0.3 is 10.2 Å². The lowest BCUT2D eigenvalue weighted by molar-refractivity contribution is -0.123. The average molecular weight is 270 g/mol. The number of carbonyl (C=O) groups excluding carboxylic acids is 2. The minimum absolute atomic E-state index is 0.0419. The van der Waals surface area contributed by atoms with E-state index in [9.17, 15) is 9.59 Å². The van der Waals surface area contributed by atoms with Gasteiger partial charge in [0, 0.05) is 19.3 Å². The Kier molecular flexibility index (Phi) is 3.11. The molecule has 0 aliphatic carbocycles. The van der Waals surface area contributed by atoms with Crippen molar-refractivity contribution < 1.29 is 9.59 Å². The van der Waals surface area contributed by atoms with Crippen molar-refractivity contribution in [1.82, 2.24) is 15.2 Å². The summed E-state index contributed by atoms with van der Waals surface area (Å²) in [5.41, 5.74) is 0.750. The predicted octanol–water partition coefficient (Wildman–Crippen LogP) is 0.304. The van der Waals surface area contributed by atoms with E-state index in [0.29, 0.717) is 24.3 Å². The van der Waals surface area contributed by atoms with E-state index in [1.165, 1.54) is 6.20 Å². The van der Waals surface area contributed by atoms with Crippen LogP contribution in [0.2, 0.25) is 0 Å².